The molecule has 0 bridgehead atoms. The summed E-state index contributed by atoms with van der Waals surface area (Å²) in [6.45, 7) is 6.43. The summed E-state index contributed by atoms with van der Waals surface area (Å²) in [4.78, 5) is 14.5. The second-order valence-electron chi connectivity index (χ2n) is 5.91. The molecule has 1 fully saturated rings. The van der Waals surface area contributed by atoms with E-state index in [-0.39, 0.29) is 17.8 Å². The molecule has 24 heavy (non-hydrogen) atoms. The molecule has 6 nitrogen and oxygen atoms in total. The smallest absolute Gasteiger partial charge is 0.255 e. The van der Waals surface area contributed by atoms with Gasteiger partial charge in [-0.05, 0) is 32.0 Å². The molecule has 0 saturated carbocycles. The van der Waals surface area contributed by atoms with Crippen molar-refractivity contribution in [3.05, 3.63) is 47.0 Å². The van der Waals surface area contributed by atoms with E-state index < -0.39 is 0 Å². The Kier molecular flexibility index (Phi) is 4.80. The number of rotatable bonds is 4. The zero-order chi connectivity index (χ0) is 17.1. The van der Waals surface area contributed by atoms with Gasteiger partial charge < -0.3 is 15.0 Å². The number of nitrogens with zero attached hydrogens (tertiary/aromatic N) is 2. The van der Waals surface area contributed by atoms with Crippen LogP contribution >= 0.6 is 0 Å². The van der Waals surface area contributed by atoms with E-state index in [4.69, 9.17) is 4.74 Å². The van der Waals surface area contributed by atoms with Crippen LogP contribution in [0.1, 0.15) is 34.6 Å². The number of aryl methyl sites for hydroxylation is 1. The molecule has 0 radical (unpaired) electrons. The van der Waals surface area contributed by atoms with Crippen LogP contribution in [0.15, 0.2) is 24.4 Å². The van der Waals surface area contributed by atoms with Crippen LogP contribution in [0, 0.1) is 12.7 Å². The van der Waals surface area contributed by atoms with E-state index in [9.17, 15) is 9.18 Å². The molecule has 128 valence electrons. The summed E-state index contributed by atoms with van der Waals surface area (Å²) < 4.78 is 19.2. The Morgan fingerprint density at radius 3 is 2.83 bits per heavy atom. The van der Waals surface area contributed by atoms with Crippen molar-refractivity contribution in [2.24, 2.45) is 0 Å². The van der Waals surface area contributed by atoms with Crippen LogP contribution < -0.4 is 10.2 Å². The third-order valence-corrected chi connectivity index (χ3v) is 4.23. The Bertz CT molecular complexity index is 725. The van der Waals surface area contributed by atoms with E-state index in [0.717, 1.165) is 24.3 Å². The summed E-state index contributed by atoms with van der Waals surface area (Å²) in [6, 6.07) is 4.36. The minimum absolute atomic E-state index is 0.231. The number of H-pyrrole nitrogens is 1. The fraction of sp³-hybridized carbons (Fsp3) is 0.412. The van der Waals surface area contributed by atoms with Gasteiger partial charge in [-0.25, -0.2) is 4.39 Å². The maximum atomic E-state index is 13.8. The highest BCUT2D eigenvalue weighted by molar-refractivity contribution is 5.95. The van der Waals surface area contributed by atoms with Crippen molar-refractivity contribution < 1.29 is 13.9 Å². The SMILES string of the molecule is Cc1[nH]ncc1C(=O)N[C@@H](C)c1cc(F)ccc1N1CCOCC1. The van der Waals surface area contributed by atoms with Crippen LogP contribution in [0.2, 0.25) is 0 Å². The number of aromatic nitrogens is 2. The Hall–Kier alpha value is -2.41. The molecule has 0 unspecified atom stereocenters. The molecule has 1 saturated heterocycles. The third-order valence-electron chi connectivity index (χ3n) is 4.23. The second kappa shape index (κ2) is 7.00. The molecule has 1 aromatic carbocycles. The first-order chi connectivity index (χ1) is 11.6. The van der Waals surface area contributed by atoms with Crippen molar-refractivity contribution in [1.82, 2.24) is 15.5 Å². The Labute approximate surface area is 140 Å². The lowest BCUT2D eigenvalue weighted by Crippen LogP contribution is -2.37. The van der Waals surface area contributed by atoms with Crippen molar-refractivity contribution in [2.75, 3.05) is 31.2 Å². The lowest BCUT2D eigenvalue weighted by molar-refractivity contribution is 0.0939. The van der Waals surface area contributed by atoms with Crippen molar-refractivity contribution >= 4 is 11.6 Å². The van der Waals surface area contributed by atoms with Crippen molar-refractivity contribution in [2.45, 2.75) is 19.9 Å². The molecular weight excluding hydrogens is 311 g/mol. The molecule has 1 atom stereocenters. The number of morpholine rings is 1. The lowest BCUT2D eigenvalue weighted by Gasteiger charge is -2.32. The average molecular weight is 332 g/mol. The van der Waals surface area contributed by atoms with Gasteiger partial charge in [0.05, 0.1) is 31.0 Å². The van der Waals surface area contributed by atoms with Crippen molar-refractivity contribution in [1.29, 1.82) is 0 Å². The summed E-state index contributed by atoms with van der Waals surface area (Å²) in [5.74, 6) is -0.548. The van der Waals surface area contributed by atoms with E-state index in [1.165, 1.54) is 18.3 Å². The molecule has 1 aliphatic heterocycles. The van der Waals surface area contributed by atoms with Gasteiger partial charge in [-0.15, -0.1) is 0 Å². The van der Waals surface area contributed by atoms with Crippen LogP contribution in [0.3, 0.4) is 0 Å². The number of hydrogen-bond acceptors (Lipinski definition) is 4. The number of nitrogens with one attached hydrogen (secondary N) is 2. The van der Waals surface area contributed by atoms with E-state index in [1.807, 2.05) is 6.92 Å². The van der Waals surface area contributed by atoms with E-state index in [0.29, 0.717) is 24.5 Å². The molecule has 1 amide bonds. The van der Waals surface area contributed by atoms with Crippen LogP contribution in [0.5, 0.6) is 0 Å². The fourth-order valence-corrected chi connectivity index (χ4v) is 2.90. The second-order valence-corrected chi connectivity index (χ2v) is 5.91. The summed E-state index contributed by atoms with van der Waals surface area (Å²) in [6.07, 6.45) is 1.49. The predicted octanol–water partition coefficient (Wildman–Crippen LogP) is 2.18. The highest BCUT2D eigenvalue weighted by Crippen LogP contribution is 2.28. The van der Waals surface area contributed by atoms with Gasteiger partial charge in [0, 0.05) is 30.0 Å². The molecule has 7 heteroatoms. The monoisotopic (exact) mass is 332 g/mol. The van der Waals surface area contributed by atoms with Gasteiger partial charge in [0.1, 0.15) is 5.82 Å². The summed E-state index contributed by atoms with van der Waals surface area (Å²) in [5.41, 5.74) is 2.88. The van der Waals surface area contributed by atoms with E-state index in [1.54, 1.807) is 13.0 Å². The summed E-state index contributed by atoms with van der Waals surface area (Å²) >= 11 is 0. The summed E-state index contributed by atoms with van der Waals surface area (Å²) in [5, 5.41) is 9.52. The molecule has 1 aliphatic rings. The predicted molar refractivity (Wildman–Crippen MR) is 88.6 cm³/mol. The molecule has 2 aromatic rings. The molecule has 2 N–H and O–H groups in total. The number of carbonyl (C=O) groups is 1. The number of benzene rings is 1. The van der Waals surface area contributed by atoms with E-state index >= 15 is 0 Å². The van der Waals surface area contributed by atoms with Gasteiger partial charge >= 0.3 is 0 Å². The molecule has 3 rings (SSSR count). The highest BCUT2D eigenvalue weighted by Gasteiger charge is 2.21. The molecular formula is C17H21FN4O2. The van der Waals surface area contributed by atoms with Gasteiger partial charge in [0.25, 0.3) is 5.91 Å². The number of hydrogen-bond donors (Lipinski definition) is 2. The Morgan fingerprint density at radius 1 is 1.42 bits per heavy atom. The van der Waals surface area contributed by atoms with Gasteiger partial charge in [-0.1, -0.05) is 0 Å². The van der Waals surface area contributed by atoms with Crippen molar-refractivity contribution in [3.8, 4) is 0 Å². The Balaban J connectivity index is 1.83. The van der Waals surface area contributed by atoms with Crippen LogP contribution in [-0.2, 0) is 4.74 Å². The number of halogens is 1. The minimum Gasteiger partial charge on any atom is -0.378 e. The van der Waals surface area contributed by atoms with Crippen molar-refractivity contribution in [3.63, 3.8) is 0 Å². The number of amides is 1. The normalized spacial score (nSPS) is 16.0. The van der Waals surface area contributed by atoms with Gasteiger partial charge in [0.2, 0.25) is 0 Å². The molecule has 1 aromatic heterocycles. The number of carbonyl (C=O) groups excluding carboxylic acids is 1. The quantitative estimate of drug-likeness (QED) is 0.900. The number of anilines is 1. The first kappa shape index (κ1) is 16.4. The molecule has 0 spiro atoms. The van der Waals surface area contributed by atoms with Crippen LogP contribution in [0.25, 0.3) is 0 Å². The topological polar surface area (TPSA) is 70.2 Å². The van der Waals surface area contributed by atoms with Crippen LogP contribution in [-0.4, -0.2) is 42.4 Å². The zero-order valence-corrected chi connectivity index (χ0v) is 13.8. The molecule has 0 aliphatic carbocycles. The zero-order valence-electron chi connectivity index (χ0n) is 13.8. The average Bonchev–Trinajstić information content (AvgIpc) is 3.01. The lowest BCUT2D eigenvalue weighted by atomic mass is 10.0. The first-order valence-electron chi connectivity index (χ1n) is 7.99. The maximum absolute atomic E-state index is 13.8. The van der Waals surface area contributed by atoms with Gasteiger partial charge in [-0.2, -0.15) is 5.10 Å². The Morgan fingerprint density at radius 2 is 2.17 bits per heavy atom. The largest absolute Gasteiger partial charge is 0.378 e. The number of ether oxygens (including phenoxy) is 1. The minimum atomic E-state index is -0.333. The summed E-state index contributed by atoms with van der Waals surface area (Å²) in [7, 11) is 0. The number of aromatic amines is 1. The third kappa shape index (κ3) is 3.41. The first-order valence-corrected chi connectivity index (χ1v) is 7.99. The standard InChI is InChI=1S/C17H21FN4O2/c1-11(20-17(23)15-10-19-21-12(15)2)14-9-13(18)3-4-16(14)22-5-7-24-8-6-22/h3-4,9-11H,5-8H2,1-2H3,(H,19,21)(H,20,23)/t11-/m0/s1. The fourth-order valence-electron chi connectivity index (χ4n) is 2.90. The van der Waals surface area contributed by atoms with Gasteiger partial charge in [0.15, 0.2) is 0 Å². The highest BCUT2D eigenvalue weighted by atomic mass is 19.1. The van der Waals surface area contributed by atoms with Crippen LogP contribution in [0.4, 0.5) is 10.1 Å². The van der Waals surface area contributed by atoms with E-state index in [2.05, 4.69) is 20.4 Å². The van der Waals surface area contributed by atoms with Gasteiger partial charge in [-0.3, -0.25) is 9.89 Å². The maximum Gasteiger partial charge on any atom is 0.255 e. The molecule has 2 heterocycles.